The normalized spacial score (nSPS) is 11.3. The molecule has 0 radical (unpaired) electrons. The maximum Gasteiger partial charge on any atom is 0.252 e. The molecule has 0 saturated heterocycles. The van der Waals surface area contributed by atoms with Gasteiger partial charge in [-0.1, -0.05) is 13.8 Å². The molecule has 1 rings (SSSR count). The van der Waals surface area contributed by atoms with E-state index in [1.807, 2.05) is 0 Å². The quantitative estimate of drug-likeness (QED) is 0.808. The monoisotopic (exact) mass is 332 g/mol. The summed E-state index contributed by atoms with van der Waals surface area (Å²) in [6.07, 6.45) is 5.10. The van der Waals surface area contributed by atoms with Crippen LogP contribution in [-0.4, -0.2) is 23.3 Å². The molecule has 1 heterocycles. The van der Waals surface area contributed by atoms with Crippen LogP contribution in [0.15, 0.2) is 22.9 Å². The minimum absolute atomic E-state index is 0.0172. The van der Waals surface area contributed by atoms with Crippen LogP contribution in [0.25, 0.3) is 0 Å². The Labute approximate surface area is 121 Å². The number of nitrogens with zero attached hydrogens (tertiary/aromatic N) is 1. The van der Waals surface area contributed by atoms with E-state index in [0.29, 0.717) is 18.0 Å². The van der Waals surface area contributed by atoms with Crippen molar-refractivity contribution in [1.82, 2.24) is 10.3 Å². The van der Waals surface area contributed by atoms with Crippen molar-refractivity contribution in [1.29, 1.82) is 0 Å². The van der Waals surface area contributed by atoms with E-state index in [1.54, 1.807) is 18.5 Å². The molecule has 0 fully saturated rings. The first-order valence-electron chi connectivity index (χ1n) is 6.01. The Balaban J connectivity index is 2.66. The van der Waals surface area contributed by atoms with Crippen molar-refractivity contribution in [3.63, 3.8) is 0 Å². The first-order valence-corrected chi connectivity index (χ1v) is 7.34. The van der Waals surface area contributed by atoms with Crippen LogP contribution in [0.1, 0.15) is 37.0 Å². The zero-order valence-corrected chi connectivity index (χ0v) is 13.0. The number of aromatic nitrogens is 1. The van der Waals surface area contributed by atoms with Crippen LogP contribution in [0.2, 0.25) is 0 Å². The van der Waals surface area contributed by atoms with Crippen molar-refractivity contribution >= 4 is 33.4 Å². The molecular formula is C13H18BrClN2O. The topological polar surface area (TPSA) is 42.0 Å². The largest absolute Gasteiger partial charge is 0.351 e. The fraction of sp³-hybridized carbons (Fsp3) is 0.538. The van der Waals surface area contributed by atoms with E-state index in [0.717, 1.165) is 17.3 Å². The Morgan fingerprint density at radius 1 is 1.44 bits per heavy atom. The zero-order valence-electron chi connectivity index (χ0n) is 10.7. The van der Waals surface area contributed by atoms with Crippen LogP contribution in [-0.2, 0) is 0 Å². The van der Waals surface area contributed by atoms with Gasteiger partial charge in [-0.15, -0.1) is 11.6 Å². The third-order valence-corrected chi connectivity index (χ3v) is 4.38. The van der Waals surface area contributed by atoms with Crippen molar-refractivity contribution in [2.24, 2.45) is 5.41 Å². The van der Waals surface area contributed by atoms with Gasteiger partial charge >= 0.3 is 0 Å². The Hall–Kier alpha value is -0.610. The molecule has 0 bridgehead atoms. The lowest BCUT2D eigenvalue weighted by atomic mass is 9.84. The Bertz CT molecular complexity index is 399. The van der Waals surface area contributed by atoms with E-state index in [2.05, 4.69) is 40.1 Å². The van der Waals surface area contributed by atoms with Gasteiger partial charge in [0.05, 0.1) is 5.56 Å². The third kappa shape index (κ3) is 3.95. The molecule has 100 valence electrons. The Kier molecular flexibility index (Phi) is 6.09. The van der Waals surface area contributed by atoms with Gasteiger partial charge in [-0.2, -0.15) is 0 Å². The number of pyridine rings is 1. The molecular weight excluding hydrogens is 316 g/mol. The predicted molar refractivity (Wildman–Crippen MR) is 78.0 cm³/mol. The van der Waals surface area contributed by atoms with Gasteiger partial charge in [0.1, 0.15) is 0 Å². The number of rotatable bonds is 6. The summed E-state index contributed by atoms with van der Waals surface area (Å²) in [7, 11) is 0. The molecule has 0 aliphatic carbocycles. The van der Waals surface area contributed by atoms with E-state index in [9.17, 15) is 4.79 Å². The fourth-order valence-electron chi connectivity index (χ4n) is 1.64. The highest BCUT2D eigenvalue weighted by atomic mass is 79.9. The van der Waals surface area contributed by atoms with Gasteiger partial charge in [0.15, 0.2) is 0 Å². The SMILES string of the molecule is CCC(CC)(CCl)CNC(=O)c1cncc(Br)c1. The zero-order chi connectivity index (χ0) is 13.6. The molecule has 1 N–H and O–H groups in total. The maximum atomic E-state index is 12.0. The van der Waals surface area contributed by atoms with E-state index in [1.165, 1.54) is 0 Å². The van der Waals surface area contributed by atoms with Crippen molar-refractivity contribution in [2.45, 2.75) is 26.7 Å². The molecule has 1 aromatic rings. The molecule has 0 saturated carbocycles. The summed E-state index contributed by atoms with van der Waals surface area (Å²) < 4.78 is 0.796. The third-order valence-electron chi connectivity index (χ3n) is 3.37. The predicted octanol–water partition coefficient (Wildman–Crippen LogP) is 3.62. The van der Waals surface area contributed by atoms with Gasteiger partial charge in [-0.25, -0.2) is 0 Å². The summed E-state index contributed by atoms with van der Waals surface area (Å²) in [6, 6.07) is 1.75. The van der Waals surface area contributed by atoms with Gasteiger partial charge in [0, 0.05) is 34.7 Å². The summed E-state index contributed by atoms with van der Waals surface area (Å²) in [6.45, 7) is 4.78. The first-order chi connectivity index (χ1) is 8.56. The van der Waals surface area contributed by atoms with Gasteiger partial charge in [0.2, 0.25) is 0 Å². The van der Waals surface area contributed by atoms with Crippen LogP contribution < -0.4 is 5.32 Å². The standard InChI is InChI=1S/C13H18BrClN2O/c1-3-13(4-2,8-15)9-17-12(18)10-5-11(14)7-16-6-10/h5-7H,3-4,8-9H2,1-2H3,(H,17,18). The van der Waals surface area contributed by atoms with E-state index in [-0.39, 0.29) is 11.3 Å². The van der Waals surface area contributed by atoms with Crippen molar-refractivity contribution in [3.8, 4) is 0 Å². The number of alkyl halides is 1. The Morgan fingerprint density at radius 2 is 2.11 bits per heavy atom. The van der Waals surface area contributed by atoms with E-state index in [4.69, 9.17) is 11.6 Å². The highest BCUT2D eigenvalue weighted by Gasteiger charge is 2.25. The fourth-order valence-corrected chi connectivity index (χ4v) is 2.48. The van der Waals surface area contributed by atoms with Crippen molar-refractivity contribution in [2.75, 3.05) is 12.4 Å². The number of halogens is 2. The minimum atomic E-state index is -0.111. The average Bonchev–Trinajstić information content (AvgIpc) is 2.40. The summed E-state index contributed by atoms with van der Waals surface area (Å²) in [5.41, 5.74) is 0.538. The van der Waals surface area contributed by atoms with E-state index >= 15 is 0 Å². The van der Waals surface area contributed by atoms with Crippen LogP contribution in [0.4, 0.5) is 0 Å². The molecule has 3 nitrogen and oxygen atoms in total. The summed E-state index contributed by atoms with van der Waals surface area (Å²) >= 11 is 9.31. The van der Waals surface area contributed by atoms with Crippen LogP contribution in [0.5, 0.6) is 0 Å². The number of carbonyl (C=O) groups excluding carboxylic acids is 1. The Morgan fingerprint density at radius 3 is 2.61 bits per heavy atom. The molecule has 0 aliphatic rings. The first kappa shape index (κ1) is 15.4. The lowest BCUT2D eigenvalue weighted by Gasteiger charge is -2.29. The summed E-state index contributed by atoms with van der Waals surface area (Å²) in [5.74, 6) is 0.442. The lowest BCUT2D eigenvalue weighted by molar-refractivity contribution is 0.0931. The molecule has 0 aliphatic heterocycles. The number of nitrogens with one attached hydrogen (secondary N) is 1. The number of carbonyl (C=O) groups is 1. The van der Waals surface area contributed by atoms with E-state index < -0.39 is 0 Å². The molecule has 1 amide bonds. The summed E-state index contributed by atoms with van der Waals surface area (Å²) in [4.78, 5) is 16.0. The minimum Gasteiger partial charge on any atom is -0.351 e. The van der Waals surface area contributed by atoms with Gasteiger partial charge in [0.25, 0.3) is 5.91 Å². The van der Waals surface area contributed by atoms with Gasteiger partial charge in [-0.3, -0.25) is 9.78 Å². The van der Waals surface area contributed by atoms with Crippen LogP contribution >= 0.6 is 27.5 Å². The lowest BCUT2D eigenvalue weighted by Crippen LogP contribution is -2.38. The molecule has 0 spiro atoms. The number of hydrogen-bond donors (Lipinski definition) is 1. The van der Waals surface area contributed by atoms with Crippen molar-refractivity contribution < 1.29 is 4.79 Å². The van der Waals surface area contributed by atoms with Crippen LogP contribution in [0.3, 0.4) is 0 Å². The average molecular weight is 334 g/mol. The number of amides is 1. The smallest absolute Gasteiger partial charge is 0.252 e. The molecule has 5 heteroatoms. The molecule has 18 heavy (non-hydrogen) atoms. The van der Waals surface area contributed by atoms with Crippen LogP contribution in [0, 0.1) is 5.41 Å². The highest BCUT2D eigenvalue weighted by molar-refractivity contribution is 9.10. The second-order valence-corrected chi connectivity index (χ2v) is 5.60. The van der Waals surface area contributed by atoms with Gasteiger partial charge < -0.3 is 5.32 Å². The maximum absolute atomic E-state index is 12.0. The second kappa shape index (κ2) is 7.10. The highest BCUT2D eigenvalue weighted by Crippen LogP contribution is 2.27. The molecule has 0 aromatic carbocycles. The summed E-state index contributed by atoms with van der Waals surface area (Å²) in [5, 5.41) is 2.94. The van der Waals surface area contributed by atoms with Gasteiger partial charge in [-0.05, 0) is 34.8 Å². The molecule has 0 atom stereocenters. The number of hydrogen-bond acceptors (Lipinski definition) is 2. The second-order valence-electron chi connectivity index (χ2n) is 4.42. The van der Waals surface area contributed by atoms with Crippen molar-refractivity contribution in [3.05, 3.63) is 28.5 Å². The molecule has 0 unspecified atom stereocenters. The molecule has 1 aromatic heterocycles.